The van der Waals surface area contributed by atoms with Crippen LogP contribution >= 0.6 is 0 Å². The van der Waals surface area contributed by atoms with E-state index in [1.54, 1.807) is 25.7 Å². The number of alkyl carbamates (subject to hydrolysis) is 1. The Morgan fingerprint density at radius 1 is 1.03 bits per heavy atom. The topological polar surface area (TPSA) is 87.7 Å². The van der Waals surface area contributed by atoms with Gasteiger partial charge in [0.2, 0.25) is 11.8 Å². The van der Waals surface area contributed by atoms with Gasteiger partial charge in [0.25, 0.3) is 0 Å². The molecule has 0 aliphatic rings. The Balaban J connectivity index is 3.48. The van der Waals surface area contributed by atoms with E-state index < -0.39 is 23.8 Å². The van der Waals surface area contributed by atoms with Gasteiger partial charge < -0.3 is 20.3 Å². The van der Waals surface area contributed by atoms with Gasteiger partial charge in [-0.2, -0.15) is 0 Å². The van der Waals surface area contributed by atoms with E-state index >= 15 is 0 Å². The normalized spacial score (nSPS) is 13.2. The number of ether oxygens (including phenoxy) is 1. The number of aryl methyl sites for hydroxylation is 1. The lowest BCUT2D eigenvalue weighted by molar-refractivity contribution is -0.143. The molecule has 1 rings (SSSR count). The number of amides is 3. The van der Waals surface area contributed by atoms with E-state index in [0.29, 0.717) is 13.1 Å². The van der Waals surface area contributed by atoms with Crippen molar-refractivity contribution in [3.05, 3.63) is 34.9 Å². The number of carbonyl (C=O) groups excluding carboxylic acids is 3. The second kappa shape index (κ2) is 14.1. The van der Waals surface area contributed by atoms with Crippen molar-refractivity contribution in [2.45, 2.75) is 106 Å². The Labute approximate surface area is 212 Å². The molecule has 0 aliphatic carbocycles. The van der Waals surface area contributed by atoms with Crippen molar-refractivity contribution >= 4 is 17.9 Å². The Morgan fingerprint density at radius 3 is 2.20 bits per heavy atom. The van der Waals surface area contributed by atoms with Crippen molar-refractivity contribution in [3.8, 4) is 0 Å². The predicted molar refractivity (Wildman–Crippen MR) is 141 cm³/mol. The van der Waals surface area contributed by atoms with Crippen LogP contribution in [-0.4, -0.2) is 47.5 Å². The molecule has 0 heterocycles. The highest BCUT2D eigenvalue weighted by Gasteiger charge is 2.37. The molecule has 1 aromatic carbocycles. The molecule has 2 atom stereocenters. The summed E-state index contributed by atoms with van der Waals surface area (Å²) in [7, 11) is 0. The van der Waals surface area contributed by atoms with Crippen molar-refractivity contribution in [2.24, 2.45) is 5.92 Å². The minimum Gasteiger partial charge on any atom is -0.444 e. The minimum absolute atomic E-state index is 0.193. The molecular formula is C28H47N3O4. The van der Waals surface area contributed by atoms with E-state index in [-0.39, 0.29) is 17.7 Å². The van der Waals surface area contributed by atoms with Gasteiger partial charge in [-0.05, 0) is 70.1 Å². The van der Waals surface area contributed by atoms with Crippen molar-refractivity contribution in [3.63, 3.8) is 0 Å². The van der Waals surface area contributed by atoms with Gasteiger partial charge >= 0.3 is 6.09 Å². The van der Waals surface area contributed by atoms with Gasteiger partial charge in [-0.25, -0.2) is 4.79 Å². The van der Waals surface area contributed by atoms with Crippen LogP contribution in [0.5, 0.6) is 0 Å². The molecule has 7 heteroatoms. The second-order valence-electron chi connectivity index (χ2n) is 10.6. The monoisotopic (exact) mass is 489 g/mol. The van der Waals surface area contributed by atoms with E-state index in [4.69, 9.17) is 4.74 Å². The summed E-state index contributed by atoms with van der Waals surface area (Å²) in [5.74, 6) is -0.672. The molecule has 0 bridgehead atoms. The number of nitrogens with zero attached hydrogens (tertiary/aromatic N) is 1. The number of hydrogen-bond acceptors (Lipinski definition) is 4. The zero-order valence-electron chi connectivity index (χ0n) is 23.3. The molecule has 1 aromatic rings. The maximum Gasteiger partial charge on any atom is 0.408 e. The summed E-state index contributed by atoms with van der Waals surface area (Å²) in [5.41, 5.74) is 2.17. The molecule has 0 saturated heterocycles. The fourth-order valence-electron chi connectivity index (χ4n) is 3.83. The zero-order chi connectivity index (χ0) is 26.8. The highest BCUT2D eigenvalue weighted by atomic mass is 16.6. The summed E-state index contributed by atoms with van der Waals surface area (Å²) in [6, 6.07) is 4.24. The van der Waals surface area contributed by atoms with Crippen molar-refractivity contribution in [2.75, 3.05) is 13.1 Å². The molecule has 2 N–H and O–H groups in total. The van der Waals surface area contributed by atoms with Gasteiger partial charge in [0.15, 0.2) is 0 Å². The van der Waals surface area contributed by atoms with Gasteiger partial charge in [-0.3, -0.25) is 9.59 Å². The third-order valence-electron chi connectivity index (χ3n) is 5.97. The highest BCUT2D eigenvalue weighted by molar-refractivity contribution is 5.92. The first-order valence-corrected chi connectivity index (χ1v) is 13.0. The molecule has 0 aromatic heterocycles. The quantitative estimate of drug-likeness (QED) is 0.383. The first-order chi connectivity index (χ1) is 16.3. The fourth-order valence-corrected chi connectivity index (χ4v) is 3.83. The Hall–Kier alpha value is -2.57. The summed E-state index contributed by atoms with van der Waals surface area (Å²) in [6.07, 6.45) is 2.79. The number of nitrogens with one attached hydrogen (secondary N) is 2. The van der Waals surface area contributed by atoms with Crippen LogP contribution in [0.1, 0.15) is 96.9 Å². The van der Waals surface area contributed by atoms with Crippen molar-refractivity contribution in [1.82, 2.24) is 15.5 Å². The minimum atomic E-state index is -0.822. The van der Waals surface area contributed by atoms with E-state index in [1.807, 2.05) is 45.9 Å². The lowest BCUT2D eigenvalue weighted by atomic mass is 9.93. The van der Waals surface area contributed by atoms with Gasteiger partial charge in [0.1, 0.15) is 17.7 Å². The van der Waals surface area contributed by atoms with E-state index in [1.165, 1.54) is 0 Å². The zero-order valence-corrected chi connectivity index (χ0v) is 23.3. The Morgan fingerprint density at radius 2 is 1.66 bits per heavy atom. The van der Waals surface area contributed by atoms with Gasteiger partial charge in [-0.15, -0.1) is 0 Å². The second-order valence-corrected chi connectivity index (χ2v) is 10.6. The maximum atomic E-state index is 14.0. The molecule has 0 fully saturated rings. The van der Waals surface area contributed by atoms with Gasteiger partial charge in [0, 0.05) is 13.1 Å². The van der Waals surface area contributed by atoms with Crippen LogP contribution in [0, 0.1) is 19.8 Å². The molecule has 0 spiro atoms. The van der Waals surface area contributed by atoms with E-state index in [0.717, 1.165) is 42.4 Å². The summed E-state index contributed by atoms with van der Waals surface area (Å²) >= 11 is 0. The van der Waals surface area contributed by atoms with E-state index in [9.17, 15) is 14.4 Å². The fraction of sp³-hybridized carbons (Fsp3) is 0.679. The standard InChI is InChI=1S/C28H47N3O4/c1-10-12-17-29-25(32)24(22-16-14-15-20(5)21(22)6)31(18-13-11-2)26(33)23(19(3)4)30-27(34)35-28(7,8)9/h14-16,19,23-24H,10-13,17-18H2,1-9H3,(H,29,32)(H,30,34). The van der Waals surface area contributed by atoms with Gasteiger partial charge in [0.05, 0.1) is 0 Å². The van der Waals surface area contributed by atoms with Gasteiger partial charge in [-0.1, -0.05) is 58.7 Å². The van der Waals surface area contributed by atoms with Crippen LogP contribution in [-0.2, 0) is 14.3 Å². The van der Waals surface area contributed by atoms with Crippen LogP contribution in [0.15, 0.2) is 18.2 Å². The van der Waals surface area contributed by atoms with Crippen molar-refractivity contribution < 1.29 is 19.1 Å². The first-order valence-electron chi connectivity index (χ1n) is 13.0. The average Bonchev–Trinajstić information content (AvgIpc) is 2.75. The van der Waals surface area contributed by atoms with Crippen LogP contribution < -0.4 is 10.6 Å². The summed E-state index contributed by atoms with van der Waals surface area (Å²) in [6.45, 7) is 18.2. The predicted octanol–water partition coefficient (Wildman–Crippen LogP) is 5.44. The number of rotatable bonds is 12. The number of benzene rings is 1. The SMILES string of the molecule is CCCCNC(=O)C(c1cccc(C)c1C)N(CCCC)C(=O)C(NC(=O)OC(C)(C)C)C(C)C. The molecule has 198 valence electrons. The number of unbranched alkanes of at least 4 members (excludes halogenated alkanes) is 2. The van der Waals surface area contributed by atoms with Crippen molar-refractivity contribution in [1.29, 1.82) is 0 Å². The van der Waals surface area contributed by atoms with E-state index in [2.05, 4.69) is 24.5 Å². The average molecular weight is 490 g/mol. The number of hydrogen-bond donors (Lipinski definition) is 2. The number of carbonyl (C=O) groups is 3. The van der Waals surface area contributed by atoms with Crippen LogP contribution in [0.25, 0.3) is 0 Å². The van der Waals surface area contributed by atoms with Crippen LogP contribution in [0.2, 0.25) is 0 Å². The third-order valence-corrected chi connectivity index (χ3v) is 5.97. The first kappa shape index (κ1) is 30.5. The molecule has 0 saturated carbocycles. The summed E-state index contributed by atoms with van der Waals surface area (Å²) in [4.78, 5) is 41.8. The smallest absolute Gasteiger partial charge is 0.408 e. The molecule has 0 aliphatic heterocycles. The maximum absolute atomic E-state index is 14.0. The van der Waals surface area contributed by atoms with Crippen LogP contribution in [0.4, 0.5) is 4.79 Å². The Kier molecular flexibility index (Phi) is 12.3. The highest BCUT2D eigenvalue weighted by Crippen LogP contribution is 2.28. The molecule has 7 nitrogen and oxygen atoms in total. The Bertz CT molecular complexity index is 845. The lowest BCUT2D eigenvalue weighted by Crippen LogP contribution is -2.55. The molecule has 0 radical (unpaired) electrons. The lowest BCUT2D eigenvalue weighted by Gasteiger charge is -2.36. The largest absolute Gasteiger partial charge is 0.444 e. The summed E-state index contributed by atoms with van der Waals surface area (Å²) in [5, 5.41) is 5.80. The molecule has 2 unspecified atom stereocenters. The van der Waals surface area contributed by atoms with Crippen LogP contribution in [0.3, 0.4) is 0 Å². The third kappa shape index (κ3) is 9.54. The molecule has 35 heavy (non-hydrogen) atoms. The molecular weight excluding hydrogens is 442 g/mol. The summed E-state index contributed by atoms with van der Waals surface area (Å²) < 4.78 is 5.42. The molecule has 3 amide bonds.